The summed E-state index contributed by atoms with van der Waals surface area (Å²) < 4.78 is 34.0. The molecule has 125 heavy (non-hydrogen) atoms. The Labute approximate surface area is 745 Å². The molecule has 5 aliphatic heterocycles. The fraction of sp³-hybridized carbons (Fsp3) is 0.394. The van der Waals surface area contributed by atoms with E-state index in [-0.39, 0.29) is 115 Å². The van der Waals surface area contributed by atoms with E-state index < -0.39 is 28.7 Å². The number of fused-ring (bicyclic) bond motifs is 5. The van der Waals surface area contributed by atoms with Gasteiger partial charge in [-0.05, 0) is 202 Å². The molecule has 6 unspecified atom stereocenters. The summed E-state index contributed by atoms with van der Waals surface area (Å²) in [6.07, 6.45) is 14.2. The monoisotopic (exact) mass is 1770 g/mol. The summed E-state index contributed by atoms with van der Waals surface area (Å²) in [6, 6.07) is 21.0. The summed E-state index contributed by atoms with van der Waals surface area (Å²) in [7, 11) is 0. The third-order valence-electron chi connectivity index (χ3n) is 24.5. The first-order valence-corrected chi connectivity index (χ1v) is 43.8. The van der Waals surface area contributed by atoms with Gasteiger partial charge in [0.15, 0.2) is 16.9 Å². The Balaban J connectivity index is 0.000000152. The predicted molar refractivity (Wildman–Crippen MR) is 494 cm³/mol. The minimum Gasteiger partial charge on any atom is -0.352 e. The molecule has 5 aliphatic rings. The fourth-order valence-electron chi connectivity index (χ4n) is 18.2. The number of benzene rings is 2. The highest BCUT2D eigenvalue weighted by Gasteiger charge is 2.44. The van der Waals surface area contributed by atoms with Crippen molar-refractivity contribution in [1.82, 2.24) is 73.3 Å². The van der Waals surface area contributed by atoms with Crippen molar-refractivity contribution in [3.05, 3.63) is 232 Å². The lowest BCUT2D eigenvalue weighted by Crippen LogP contribution is -2.58. The van der Waals surface area contributed by atoms with Crippen LogP contribution in [0.5, 0.6) is 0 Å². The van der Waals surface area contributed by atoms with Gasteiger partial charge in [-0.1, -0.05) is 132 Å². The van der Waals surface area contributed by atoms with Crippen molar-refractivity contribution in [3.8, 4) is 39.6 Å². The van der Waals surface area contributed by atoms with Crippen molar-refractivity contribution in [2.24, 2.45) is 0 Å². The van der Waals surface area contributed by atoms with Crippen molar-refractivity contribution in [2.75, 3.05) is 65.4 Å². The summed E-state index contributed by atoms with van der Waals surface area (Å²) in [5, 5.41) is 2.65. The van der Waals surface area contributed by atoms with Crippen molar-refractivity contribution in [2.45, 2.75) is 196 Å². The van der Waals surface area contributed by atoms with E-state index in [1.807, 2.05) is 120 Å². The first-order chi connectivity index (χ1) is 59.5. The number of aromatic nitrogens is 12. The molecule has 6 atom stereocenters. The maximum atomic E-state index is 14.9. The largest absolute Gasteiger partial charge is 0.355 e. The van der Waals surface area contributed by atoms with Crippen LogP contribution >= 0.6 is 46.4 Å². The average molecular weight is 1770 g/mol. The van der Waals surface area contributed by atoms with E-state index in [4.69, 9.17) is 66.3 Å². The average Bonchev–Trinajstić information content (AvgIpc) is 1.71. The molecule has 652 valence electrons. The molecule has 5 saturated heterocycles. The molecule has 0 saturated carbocycles. The highest BCUT2D eigenvalue weighted by molar-refractivity contribution is 6.37. The second kappa shape index (κ2) is 36.3. The third-order valence-corrected chi connectivity index (χ3v) is 25.8. The van der Waals surface area contributed by atoms with E-state index >= 15 is 0 Å². The molecule has 0 spiro atoms. The number of carbonyl (C=O) groups excluding carboxylic acids is 3. The van der Waals surface area contributed by atoms with E-state index in [1.54, 1.807) is 64.5 Å². The Bertz CT molecular complexity index is 6340. The van der Waals surface area contributed by atoms with Crippen LogP contribution in [0.1, 0.15) is 167 Å². The maximum Gasteiger partial charge on any atom is 0.355 e. The molecule has 16 rings (SSSR count). The van der Waals surface area contributed by atoms with Crippen molar-refractivity contribution < 1.29 is 23.2 Å². The molecule has 2 aromatic carbocycles. The number of nitrogens with zero attached hydrogens (tertiary/aromatic N) is 19. The number of halogens is 6. The number of carbonyl (C=O) groups is 3. The van der Waals surface area contributed by atoms with Gasteiger partial charge in [0, 0.05) is 117 Å². The zero-order chi connectivity index (χ0) is 90.0. The lowest BCUT2D eigenvalue weighted by molar-refractivity contribution is -0.129. The van der Waals surface area contributed by atoms with Gasteiger partial charge in [0.05, 0.1) is 81.8 Å². The minimum absolute atomic E-state index is 0.0102. The number of pyridine rings is 6. The van der Waals surface area contributed by atoms with Crippen molar-refractivity contribution in [1.29, 1.82) is 0 Å². The maximum absolute atomic E-state index is 14.9. The first-order valence-electron chi connectivity index (χ1n) is 42.3. The Morgan fingerprint density at radius 1 is 0.472 bits per heavy atom. The molecular weight excluding hydrogens is 1670 g/mol. The van der Waals surface area contributed by atoms with Gasteiger partial charge in [0.25, 0.3) is 0 Å². The van der Waals surface area contributed by atoms with Crippen LogP contribution in [0.3, 0.4) is 0 Å². The molecule has 11 aromatic rings. The van der Waals surface area contributed by atoms with Crippen molar-refractivity contribution in [3.63, 3.8) is 0 Å². The molecule has 0 radical (unpaired) electrons. The van der Waals surface area contributed by atoms with Gasteiger partial charge < -0.3 is 34.3 Å². The highest BCUT2D eigenvalue weighted by Crippen LogP contribution is 2.45. The number of piperidine rings is 1. The van der Waals surface area contributed by atoms with E-state index in [9.17, 15) is 37.5 Å². The second-order valence-corrected chi connectivity index (χ2v) is 36.2. The third kappa shape index (κ3) is 17.0. The number of hydrogen-bond acceptors (Lipinski definition) is 19. The van der Waals surface area contributed by atoms with E-state index in [0.29, 0.717) is 123 Å². The summed E-state index contributed by atoms with van der Waals surface area (Å²) in [5.41, 5.74) is 7.18. The zero-order valence-electron chi connectivity index (χ0n) is 73.0. The lowest BCUT2D eigenvalue weighted by Gasteiger charge is -2.45. The number of piperazine rings is 3. The van der Waals surface area contributed by atoms with Crippen LogP contribution in [-0.4, -0.2) is 179 Å². The zero-order valence-corrected chi connectivity index (χ0v) is 76.0. The SMILES string of the molecule is C=CC(=O)N1C2CCC1CN(c1nc(=O)n(-c3c(C)ccnc3C(C)C)c3nc(-c4ccccc4F)c(Cl)cc13)C2.C=CC(=O)N1CC(C)N(c2nc(=O)n(-c3c(C)ccnc3C(C)C)c3nc(-c4cccc(F)c4Cl)c(Cl)cc23)CC1C.C=CC(=O)N1CC(C)N(c2nc(=O)n(-c3c(C)ccnc3C(C)C)c3nc(N4CCCCC4(C)C)c(Cl)cc23)CC1C. The number of aryl methyl sites for hydroxylation is 3. The van der Waals surface area contributed by atoms with E-state index in [2.05, 4.69) is 82.2 Å². The van der Waals surface area contributed by atoms with Gasteiger partial charge in [-0.15, -0.1) is 0 Å². The van der Waals surface area contributed by atoms with Gasteiger partial charge in [0.1, 0.15) is 34.9 Å². The van der Waals surface area contributed by atoms with E-state index in [0.717, 1.165) is 66.7 Å². The first kappa shape index (κ1) is 89.9. The highest BCUT2D eigenvalue weighted by atomic mass is 35.5. The number of anilines is 4. The van der Waals surface area contributed by atoms with Crippen LogP contribution in [0, 0.1) is 32.4 Å². The summed E-state index contributed by atoms with van der Waals surface area (Å²) in [6.45, 7) is 44.9. The minimum atomic E-state index is -0.611. The topological polar surface area (TPSA) is 256 Å². The fourth-order valence-corrected chi connectivity index (χ4v) is 19.2. The quantitative estimate of drug-likeness (QED) is 0.0864. The van der Waals surface area contributed by atoms with Gasteiger partial charge in [-0.3, -0.25) is 29.3 Å². The molecule has 3 amide bonds. The molecule has 0 aliphatic carbocycles. The van der Waals surface area contributed by atoms with Gasteiger partial charge in [0.2, 0.25) is 17.7 Å². The molecule has 9 aromatic heterocycles. The predicted octanol–water partition coefficient (Wildman–Crippen LogP) is 17.4. The van der Waals surface area contributed by atoms with Crippen LogP contribution < -0.4 is 36.7 Å². The van der Waals surface area contributed by atoms with Gasteiger partial charge in [-0.25, -0.2) is 51.8 Å². The molecule has 31 heteroatoms. The van der Waals surface area contributed by atoms with Gasteiger partial charge in [-0.2, -0.15) is 15.0 Å². The Morgan fingerprint density at radius 2 is 0.872 bits per heavy atom. The molecular formula is C94H103Cl4F2N19O6. The smallest absolute Gasteiger partial charge is 0.352 e. The Morgan fingerprint density at radius 3 is 1.30 bits per heavy atom. The lowest BCUT2D eigenvalue weighted by atomic mass is 9.90. The Kier molecular flexibility index (Phi) is 26.1. The molecule has 2 bridgehead atoms. The summed E-state index contributed by atoms with van der Waals surface area (Å²) >= 11 is 27.0. The number of amides is 3. The number of rotatable bonds is 15. The molecule has 5 fully saturated rings. The standard InChI is InChI=1S/C32H42ClN7O2.C31H31Cl2FN6O2.C31H30ClFN6O2/c1-9-25(41)37-17-22(6)38(18-21(37)5)28-23-16-24(33)30(39-15-11-10-13-32(39,7)8)35-29(23)40(31(42)36-28)27-20(4)12-14-34-26(27)19(2)3;1-7-24(41)38-14-19(6)39(15-18(38)5)29-21-13-22(32)27(20-9-8-10-23(34)25(20)33)36-30(21)40(31(42)37-29)28-17(4)11-12-35-26(28)16(2)3;1-5-25(40)38-19-10-11-20(38)16-37(15-19)29-22-14-23(32)27(21-8-6-7-9-24(21)33)35-30(22)39(31(41)36-29)28-18(4)12-13-34-26(28)17(2)3/h9,12,14,16,19,21-22H,1,10-11,13,15,17-18H2,2-8H3;7-13,16,18-19H,1,14-15H2,2-6H3;5-9,12-14,17,19-20H,1,10-11,15-16H2,2-4H3. The molecule has 0 N–H and O–H groups in total. The van der Waals surface area contributed by atoms with Crippen LogP contribution in [0.15, 0.2) is 150 Å². The normalized spacial score (nSPS) is 18.8. The molecule has 25 nitrogen and oxygen atoms in total. The van der Waals surface area contributed by atoms with E-state index in [1.165, 1.54) is 45.6 Å². The van der Waals surface area contributed by atoms with Gasteiger partial charge >= 0.3 is 17.1 Å². The van der Waals surface area contributed by atoms with Crippen LogP contribution in [0.4, 0.5) is 32.1 Å². The number of hydrogen-bond donors (Lipinski definition) is 0. The summed E-state index contributed by atoms with van der Waals surface area (Å²) in [5.74, 6) is 0.704. The second-order valence-electron chi connectivity index (χ2n) is 34.6. The van der Waals surface area contributed by atoms with Crippen LogP contribution in [0.2, 0.25) is 20.1 Å². The van der Waals surface area contributed by atoms with Crippen molar-refractivity contribution >= 4 is 120 Å². The molecule has 14 heterocycles. The Hall–Kier alpha value is -11.4. The van der Waals surface area contributed by atoms with Crippen LogP contribution in [-0.2, 0) is 14.4 Å². The van der Waals surface area contributed by atoms with Crippen LogP contribution in [0.25, 0.3) is 72.7 Å². The summed E-state index contributed by atoms with van der Waals surface area (Å²) in [4.78, 5) is 136.